The number of carbonyl (C=O) groups is 1. The summed E-state index contributed by atoms with van der Waals surface area (Å²) in [6.07, 6.45) is 6.17. The van der Waals surface area contributed by atoms with E-state index < -0.39 is 5.97 Å². The van der Waals surface area contributed by atoms with Gasteiger partial charge in [-0.15, -0.1) is 0 Å². The number of hydrogen-bond donors (Lipinski definition) is 0. The van der Waals surface area contributed by atoms with Crippen LogP contribution >= 0.6 is 23.2 Å². The minimum absolute atomic E-state index is 0.0367. The van der Waals surface area contributed by atoms with E-state index in [9.17, 15) is 9.59 Å². The fraction of sp³-hybridized carbons (Fsp3) is 0.500. The molecule has 0 N–H and O–H groups in total. The molecule has 1 aromatic carbocycles. The molecule has 3 aromatic rings. The van der Waals surface area contributed by atoms with Crippen LogP contribution < -0.4 is 15.1 Å². The predicted molar refractivity (Wildman–Crippen MR) is 163 cm³/mol. The maximum atomic E-state index is 13.6. The number of pyridine rings is 2. The highest BCUT2D eigenvalue weighted by Gasteiger charge is 2.30. The van der Waals surface area contributed by atoms with Crippen molar-refractivity contribution in [2.45, 2.75) is 38.3 Å². The maximum Gasteiger partial charge on any atom is 0.343 e. The van der Waals surface area contributed by atoms with Crippen molar-refractivity contribution in [1.82, 2.24) is 19.4 Å². The number of hydrogen-bond acceptors (Lipinski definition) is 8. The summed E-state index contributed by atoms with van der Waals surface area (Å²) in [4.78, 5) is 37.4. The summed E-state index contributed by atoms with van der Waals surface area (Å²) in [5, 5.41) is 1.35. The number of nitrogens with zero attached hydrogens (tertiary/aromatic N) is 5. The fourth-order valence-electron chi connectivity index (χ4n) is 5.80. The first kappa shape index (κ1) is 29.6. The van der Waals surface area contributed by atoms with Crippen molar-refractivity contribution in [2.75, 3.05) is 64.9 Å². The van der Waals surface area contributed by atoms with Crippen molar-refractivity contribution in [3.05, 3.63) is 62.5 Å². The van der Waals surface area contributed by atoms with E-state index in [0.717, 1.165) is 63.2 Å². The van der Waals surface area contributed by atoms with E-state index in [1.54, 1.807) is 37.5 Å². The second kappa shape index (κ2) is 13.0. The molecule has 2 saturated heterocycles. The first-order valence-corrected chi connectivity index (χ1v) is 14.9. The third kappa shape index (κ3) is 6.48. The van der Waals surface area contributed by atoms with Crippen LogP contribution in [0.5, 0.6) is 5.88 Å². The van der Waals surface area contributed by atoms with Gasteiger partial charge in [0.05, 0.1) is 28.9 Å². The van der Waals surface area contributed by atoms with Gasteiger partial charge in [-0.1, -0.05) is 23.2 Å². The van der Waals surface area contributed by atoms with E-state index in [1.807, 2.05) is 6.07 Å². The van der Waals surface area contributed by atoms with Crippen LogP contribution in [-0.2, 0) is 4.74 Å². The average Bonchev–Trinajstić information content (AvgIpc) is 3.62. The van der Waals surface area contributed by atoms with Gasteiger partial charge in [0.1, 0.15) is 17.2 Å². The first-order chi connectivity index (χ1) is 19.8. The zero-order valence-corrected chi connectivity index (χ0v) is 25.3. The van der Waals surface area contributed by atoms with Crippen LogP contribution in [0.4, 0.5) is 5.69 Å². The molecule has 0 spiro atoms. The lowest BCUT2D eigenvalue weighted by atomic mass is 10.1. The molecular weight excluding hydrogens is 565 g/mol. The number of rotatable bonds is 10. The molecule has 2 fully saturated rings. The minimum atomic E-state index is -0.610. The first-order valence-electron chi connectivity index (χ1n) is 14.2. The van der Waals surface area contributed by atoms with Crippen molar-refractivity contribution in [1.29, 1.82) is 0 Å². The Bertz CT molecular complexity index is 1460. The largest absolute Gasteiger partial charge is 0.474 e. The number of aromatic nitrogens is 2. The van der Waals surface area contributed by atoms with Crippen LogP contribution in [-0.4, -0.2) is 91.4 Å². The second-order valence-corrected chi connectivity index (χ2v) is 11.8. The van der Waals surface area contributed by atoms with Crippen molar-refractivity contribution in [3.63, 3.8) is 0 Å². The SMILES string of the molecule is CCOC(=O)c1cn(C2CCN(CCN(C)C)C2)c2cc(N3CCC[C@@H]3COc3ncccc3Cl)c(Cl)cc2c1=O. The topological polar surface area (TPSA) is 80.1 Å². The molecule has 0 radical (unpaired) electrons. The van der Waals surface area contributed by atoms with E-state index in [2.05, 4.69) is 38.3 Å². The molecule has 2 atom stereocenters. The smallest absolute Gasteiger partial charge is 0.343 e. The Hall–Kier alpha value is -2.85. The summed E-state index contributed by atoms with van der Waals surface area (Å²) in [6, 6.07) is 7.40. The lowest BCUT2D eigenvalue weighted by molar-refractivity contribution is 0.0524. The Morgan fingerprint density at radius 2 is 2.00 bits per heavy atom. The van der Waals surface area contributed by atoms with Crippen molar-refractivity contribution >= 4 is 45.8 Å². The monoisotopic (exact) mass is 601 g/mol. The number of benzene rings is 1. The molecule has 4 heterocycles. The number of likely N-dealkylation sites (N-methyl/N-ethyl adjacent to an activating group) is 1. The molecular formula is C30H37Cl2N5O4. The average molecular weight is 603 g/mol. The van der Waals surface area contributed by atoms with E-state index in [-0.39, 0.29) is 29.7 Å². The van der Waals surface area contributed by atoms with Crippen LogP contribution in [0.2, 0.25) is 10.0 Å². The van der Waals surface area contributed by atoms with E-state index in [4.69, 9.17) is 32.7 Å². The van der Waals surface area contributed by atoms with Crippen LogP contribution in [0.25, 0.3) is 10.9 Å². The Morgan fingerprint density at radius 1 is 1.17 bits per heavy atom. The summed E-state index contributed by atoms with van der Waals surface area (Å²) >= 11 is 13.1. The third-order valence-corrected chi connectivity index (χ3v) is 8.51. The molecule has 2 aliphatic heterocycles. The highest BCUT2D eigenvalue weighted by atomic mass is 35.5. The van der Waals surface area contributed by atoms with Gasteiger partial charge < -0.3 is 23.8 Å². The lowest BCUT2D eigenvalue weighted by Gasteiger charge is -2.29. The molecule has 41 heavy (non-hydrogen) atoms. The molecule has 9 nitrogen and oxygen atoms in total. The Kier molecular flexibility index (Phi) is 9.38. The van der Waals surface area contributed by atoms with Crippen LogP contribution in [0.1, 0.15) is 42.6 Å². The number of likely N-dealkylation sites (tertiary alicyclic amines) is 1. The number of anilines is 1. The molecule has 2 aliphatic rings. The van der Waals surface area contributed by atoms with Gasteiger partial charge in [0.15, 0.2) is 0 Å². The van der Waals surface area contributed by atoms with Gasteiger partial charge in [-0.25, -0.2) is 9.78 Å². The van der Waals surface area contributed by atoms with E-state index in [0.29, 0.717) is 27.9 Å². The Morgan fingerprint density at radius 3 is 2.76 bits per heavy atom. The molecule has 0 bridgehead atoms. The summed E-state index contributed by atoms with van der Waals surface area (Å²) in [5.41, 5.74) is 1.28. The number of esters is 1. The van der Waals surface area contributed by atoms with Crippen molar-refractivity contribution in [3.8, 4) is 5.88 Å². The van der Waals surface area contributed by atoms with Gasteiger partial charge >= 0.3 is 5.97 Å². The standard InChI is InChI=1S/C30H37Cl2N5O4/c1-4-40-30(39)23-18-37(20-9-12-35(17-20)14-13-34(2)3)26-16-27(25(32)15-22(26)28(23)38)36-11-6-7-21(36)19-41-29-24(31)8-5-10-33-29/h5,8,10,15-16,18,20-21H,4,6-7,9,11-14,17,19H2,1-3H3/t20?,21-/m1/s1. The second-order valence-electron chi connectivity index (χ2n) is 11.0. The lowest BCUT2D eigenvalue weighted by Crippen LogP contribution is -2.34. The zero-order valence-electron chi connectivity index (χ0n) is 23.8. The van der Waals surface area contributed by atoms with Crippen LogP contribution in [0.3, 0.4) is 0 Å². The third-order valence-electron chi connectivity index (χ3n) is 7.92. The van der Waals surface area contributed by atoms with Gasteiger partial charge in [-0.2, -0.15) is 0 Å². The summed E-state index contributed by atoms with van der Waals surface area (Å²) in [6.45, 7) is 6.84. The molecule has 220 valence electrons. The van der Waals surface area contributed by atoms with Crippen LogP contribution in [0.15, 0.2) is 41.5 Å². The van der Waals surface area contributed by atoms with Gasteiger partial charge in [-0.05, 0) is 64.5 Å². The predicted octanol–water partition coefficient (Wildman–Crippen LogP) is 4.74. The van der Waals surface area contributed by atoms with Gasteiger partial charge in [0.25, 0.3) is 0 Å². The minimum Gasteiger partial charge on any atom is -0.474 e. The summed E-state index contributed by atoms with van der Waals surface area (Å²) in [7, 11) is 4.14. The highest BCUT2D eigenvalue weighted by molar-refractivity contribution is 6.34. The molecule has 1 unspecified atom stereocenters. The number of fused-ring (bicyclic) bond motifs is 1. The van der Waals surface area contributed by atoms with Gasteiger partial charge in [0, 0.05) is 56.5 Å². The Balaban J connectivity index is 1.51. The molecule has 11 heteroatoms. The molecule has 0 amide bonds. The number of halogens is 2. The summed E-state index contributed by atoms with van der Waals surface area (Å²) in [5.74, 6) is -0.202. The zero-order chi connectivity index (χ0) is 29.1. The quantitative estimate of drug-likeness (QED) is 0.308. The van der Waals surface area contributed by atoms with Crippen molar-refractivity contribution < 1.29 is 14.3 Å². The van der Waals surface area contributed by atoms with E-state index in [1.165, 1.54) is 0 Å². The van der Waals surface area contributed by atoms with Gasteiger partial charge in [-0.3, -0.25) is 9.69 Å². The van der Waals surface area contributed by atoms with Crippen LogP contribution in [0, 0.1) is 0 Å². The molecule has 0 aliphatic carbocycles. The fourth-order valence-corrected chi connectivity index (χ4v) is 6.25. The Labute approximate surface area is 250 Å². The normalized spacial score (nSPS) is 19.4. The summed E-state index contributed by atoms with van der Waals surface area (Å²) < 4.78 is 13.3. The van der Waals surface area contributed by atoms with E-state index >= 15 is 0 Å². The number of ether oxygens (including phenoxy) is 2. The van der Waals surface area contributed by atoms with Gasteiger partial charge in [0.2, 0.25) is 11.3 Å². The maximum absolute atomic E-state index is 13.6. The molecule has 0 saturated carbocycles. The highest BCUT2D eigenvalue weighted by Crippen LogP contribution is 2.37. The number of carbonyl (C=O) groups excluding carboxylic acids is 1. The van der Waals surface area contributed by atoms with Crippen molar-refractivity contribution in [2.24, 2.45) is 0 Å². The molecule has 5 rings (SSSR count). The molecule has 2 aromatic heterocycles.